The molecular weight excluding hydrogens is 216 g/mol. The largest absolute Gasteiger partial charge is 0.292 e. The minimum absolute atomic E-state index is 0.668. The lowest BCUT2D eigenvalue weighted by Crippen LogP contribution is -1.99. The number of hydrogen-bond acceptors (Lipinski definition) is 3. The Balaban J connectivity index is 2.44. The first kappa shape index (κ1) is 10.7. The van der Waals surface area contributed by atoms with Gasteiger partial charge in [-0.15, -0.1) is 11.3 Å². The lowest BCUT2D eigenvalue weighted by molar-refractivity contribution is 1.15. The molecule has 1 heterocycles. The zero-order valence-electron chi connectivity index (χ0n) is 9.08. The van der Waals surface area contributed by atoms with E-state index >= 15 is 0 Å². The van der Waals surface area contributed by atoms with E-state index in [0.29, 0.717) is 5.70 Å². The molecule has 3 heteroatoms. The maximum Gasteiger partial charge on any atom is 0.181 e. The molecule has 0 fully saturated rings. The van der Waals surface area contributed by atoms with Crippen LogP contribution >= 0.6 is 11.3 Å². The van der Waals surface area contributed by atoms with Crippen molar-refractivity contribution in [2.75, 3.05) is 0 Å². The quantitative estimate of drug-likeness (QED) is 0.644. The molecular formula is C13H12N2S. The van der Waals surface area contributed by atoms with Crippen molar-refractivity contribution in [2.45, 2.75) is 13.3 Å². The second kappa shape index (κ2) is 4.38. The van der Waals surface area contributed by atoms with E-state index in [2.05, 4.69) is 43.1 Å². The van der Waals surface area contributed by atoms with Crippen molar-refractivity contribution in [1.82, 2.24) is 5.32 Å². The molecule has 2 nitrogen and oxygen atoms in total. The summed E-state index contributed by atoms with van der Waals surface area (Å²) in [6.07, 6.45) is 2.93. The first-order valence-corrected chi connectivity index (χ1v) is 5.93. The number of nitrogens with zero attached hydrogens (tertiary/aromatic N) is 1. The van der Waals surface area contributed by atoms with Crippen LogP contribution in [0, 0.1) is 11.5 Å². The van der Waals surface area contributed by atoms with E-state index in [1.165, 1.54) is 15.6 Å². The fourth-order valence-electron chi connectivity index (χ4n) is 1.57. The van der Waals surface area contributed by atoms with Crippen molar-refractivity contribution >= 4 is 27.1 Å². The summed E-state index contributed by atoms with van der Waals surface area (Å²) in [4.78, 5) is 1.02. The third-order valence-electron chi connectivity index (χ3n) is 2.50. The average molecular weight is 228 g/mol. The molecule has 1 aromatic carbocycles. The van der Waals surface area contributed by atoms with Crippen molar-refractivity contribution in [1.29, 1.82) is 5.26 Å². The molecule has 0 saturated carbocycles. The van der Waals surface area contributed by atoms with Gasteiger partial charge in [0.15, 0.2) is 6.19 Å². The molecule has 0 aliphatic carbocycles. The Morgan fingerprint density at radius 3 is 3.00 bits per heavy atom. The Kier molecular flexibility index (Phi) is 2.93. The smallest absolute Gasteiger partial charge is 0.181 e. The molecule has 0 amide bonds. The predicted octanol–water partition coefficient (Wildman–Crippen LogP) is 3.51. The van der Waals surface area contributed by atoms with Crippen molar-refractivity contribution < 1.29 is 0 Å². The van der Waals surface area contributed by atoms with Gasteiger partial charge in [-0.25, -0.2) is 0 Å². The highest BCUT2D eigenvalue weighted by Crippen LogP contribution is 2.29. The minimum atomic E-state index is 0.668. The summed E-state index contributed by atoms with van der Waals surface area (Å²) >= 11 is 1.66. The fourth-order valence-corrected chi connectivity index (χ4v) is 2.63. The molecule has 0 unspecified atom stereocenters. The number of nitrogens with one attached hydrogen (secondary N) is 1. The molecule has 2 aromatic rings. The number of nitriles is 1. The van der Waals surface area contributed by atoms with Gasteiger partial charge in [0.05, 0.1) is 10.6 Å². The molecule has 0 atom stereocenters. The number of hydrogen-bond donors (Lipinski definition) is 1. The van der Waals surface area contributed by atoms with Crippen LogP contribution in [0.4, 0.5) is 0 Å². The van der Waals surface area contributed by atoms with Gasteiger partial charge >= 0.3 is 0 Å². The first-order valence-electron chi connectivity index (χ1n) is 5.11. The minimum Gasteiger partial charge on any atom is -0.292 e. The maximum absolute atomic E-state index is 8.54. The van der Waals surface area contributed by atoms with E-state index < -0.39 is 0 Å². The molecule has 0 bridgehead atoms. The number of aryl methyl sites for hydroxylation is 1. The molecule has 0 radical (unpaired) electrons. The van der Waals surface area contributed by atoms with Crippen LogP contribution in [0.25, 0.3) is 15.8 Å². The van der Waals surface area contributed by atoms with Crippen LogP contribution in [-0.2, 0) is 6.42 Å². The lowest BCUT2D eigenvalue weighted by atomic mass is 10.1. The maximum atomic E-state index is 8.54. The zero-order valence-corrected chi connectivity index (χ0v) is 9.90. The SMILES string of the molecule is C=C(NC#N)c1cc2ccc(CC)cc2s1. The normalized spacial score (nSPS) is 10.0. The Hall–Kier alpha value is -1.79. The van der Waals surface area contributed by atoms with Crippen molar-refractivity contribution in [3.63, 3.8) is 0 Å². The summed E-state index contributed by atoms with van der Waals surface area (Å²) < 4.78 is 1.25. The van der Waals surface area contributed by atoms with Crippen LogP contribution in [0.1, 0.15) is 17.4 Å². The Bertz CT molecular complexity index is 575. The highest BCUT2D eigenvalue weighted by atomic mass is 32.1. The summed E-state index contributed by atoms with van der Waals surface area (Å²) in [5.74, 6) is 0. The van der Waals surface area contributed by atoms with Gasteiger partial charge in [0, 0.05) is 4.70 Å². The van der Waals surface area contributed by atoms with Crippen LogP contribution in [0.5, 0.6) is 0 Å². The van der Waals surface area contributed by atoms with Crippen LogP contribution in [0.2, 0.25) is 0 Å². The summed E-state index contributed by atoms with van der Waals surface area (Å²) in [6.45, 7) is 5.97. The number of rotatable bonds is 3. The predicted molar refractivity (Wildman–Crippen MR) is 69.0 cm³/mol. The number of thiophene rings is 1. The summed E-state index contributed by atoms with van der Waals surface area (Å²) in [7, 11) is 0. The van der Waals surface area contributed by atoms with Crippen LogP contribution in [0.15, 0.2) is 30.8 Å². The molecule has 1 N–H and O–H groups in total. The van der Waals surface area contributed by atoms with E-state index in [9.17, 15) is 0 Å². The van der Waals surface area contributed by atoms with Crippen molar-refractivity contribution in [2.24, 2.45) is 0 Å². The fraction of sp³-hybridized carbons (Fsp3) is 0.154. The molecule has 0 aliphatic rings. The van der Waals surface area contributed by atoms with E-state index in [-0.39, 0.29) is 0 Å². The van der Waals surface area contributed by atoms with Crippen molar-refractivity contribution in [3.05, 3.63) is 41.3 Å². The molecule has 0 aliphatic heterocycles. The Labute approximate surface area is 98.8 Å². The molecule has 0 saturated heterocycles. The Morgan fingerprint density at radius 2 is 2.31 bits per heavy atom. The molecule has 1 aromatic heterocycles. The molecule has 0 spiro atoms. The zero-order chi connectivity index (χ0) is 11.5. The van der Waals surface area contributed by atoms with E-state index in [0.717, 1.165) is 11.3 Å². The highest BCUT2D eigenvalue weighted by Gasteiger charge is 2.05. The van der Waals surface area contributed by atoms with Gasteiger partial charge in [0.1, 0.15) is 0 Å². The van der Waals surface area contributed by atoms with Gasteiger partial charge in [0.2, 0.25) is 0 Å². The van der Waals surface area contributed by atoms with E-state index in [1.807, 2.05) is 6.19 Å². The van der Waals surface area contributed by atoms with Gasteiger partial charge in [0.25, 0.3) is 0 Å². The summed E-state index contributed by atoms with van der Waals surface area (Å²) in [5, 5.41) is 12.3. The van der Waals surface area contributed by atoms with Gasteiger partial charge < -0.3 is 0 Å². The highest BCUT2D eigenvalue weighted by molar-refractivity contribution is 7.20. The monoisotopic (exact) mass is 228 g/mol. The lowest BCUT2D eigenvalue weighted by Gasteiger charge is -1.95. The number of benzene rings is 1. The van der Waals surface area contributed by atoms with Gasteiger partial charge in [-0.2, -0.15) is 5.26 Å². The molecule has 2 rings (SSSR count). The third-order valence-corrected chi connectivity index (χ3v) is 3.65. The average Bonchev–Trinajstić information content (AvgIpc) is 2.71. The van der Waals surface area contributed by atoms with E-state index in [4.69, 9.17) is 5.26 Å². The first-order chi connectivity index (χ1) is 7.74. The Morgan fingerprint density at radius 1 is 1.50 bits per heavy atom. The van der Waals surface area contributed by atoms with Gasteiger partial charge in [-0.1, -0.05) is 25.6 Å². The van der Waals surface area contributed by atoms with Crippen LogP contribution in [-0.4, -0.2) is 0 Å². The molecule has 80 valence electrons. The van der Waals surface area contributed by atoms with Crippen molar-refractivity contribution in [3.8, 4) is 6.19 Å². The summed E-state index contributed by atoms with van der Waals surface area (Å²) in [5.41, 5.74) is 2.00. The topological polar surface area (TPSA) is 35.8 Å². The second-order valence-electron chi connectivity index (χ2n) is 3.55. The van der Waals surface area contributed by atoms with Crippen LogP contribution < -0.4 is 5.32 Å². The van der Waals surface area contributed by atoms with Gasteiger partial charge in [-0.3, -0.25) is 5.32 Å². The summed E-state index contributed by atoms with van der Waals surface area (Å²) in [6, 6.07) is 8.52. The van der Waals surface area contributed by atoms with E-state index in [1.54, 1.807) is 11.3 Å². The second-order valence-corrected chi connectivity index (χ2v) is 4.64. The third kappa shape index (κ3) is 1.93. The van der Waals surface area contributed by atoms with Crippen LogP contribution in [0.3, 0.4) is 0 Å². The van der Waals surface area contributed by atoms with Gasteiger partial charge in [-0.05, 0) is 29.5 Å². The standard InChI is InChI=1S/C13H12N2S/c1-3-10-4-5-11-7-12(9(2)15-8-14)16-13(11)6-10/h4-7,15H,2-3H2,1H3. The molecule has 16 heavy (non-hydrogen) atoms. The number of fused-ring (bicyclic) bond motifs is 1.